The summed E-state index contributed by atoms with van der Waals surface area (Å²) in [6.45, 7) is 9.23. The van der Waals surface area contributed by atoms with E-state index in [2.05, 4.69) is 33.8 Å². The van der Waals surface area contributed by atoms with Crippen molar-refractivity contribution in [2.24, 2.45) is 17.8 Å². The average molecular weight is 203 g/mol. The first kappa shape index (κ1) is 13.0. The molecule has 0 N–H and O–H groups in total. The summed E-state index contributed by atoms with van der Waals surface area (Å²) < 4.78 is 0. The van der Waals surface area contributed by atoms with E-state index >= 15 is 0 Å². The third kappa shape index (κ3) is 7.13. The highest BCUT2D eigenvalue weighted by Crippen LogP contribution is 2.22. The van der Waals surface area contributed by atoms with Gasteiger partial charge in [-0.05, 0) is 24.2 Å². The molecule has 0 fully saturated rings. The summed E-state index contributed by atoms with van der Waals surface area (Å²) in [5.41, 5.74) is 1.63. The Bertz CT molecular complexity index is 138. The average Bonchev–Trinajstić information content (AvgIpc) is 2.10. The number of rotatable bonds is 6. The zero-order valence-corrected chi connectivity index (χ0v) is 10.1. The van der Waals surface area contributed by atoms with Crippen LogP contribution in [0, 0.1) is 17.8 Å². The summed E-state index contributed by atoms with van der Waals surface area (Å²) in [5, 5.41) is 0. The van der Waals surface area contributed by atoms with Crippen LogP contribution in [0.15, 0.2) is 11.6 Å². The maximum Gasteiger partial charge on any atom is 0.000256 e. The van der Waals surface area contributed by atoms with Gasteiger partial charge in [0.2, 0.25) is 0 Å². The van der Waals surface area contributed by atoms with Crippen LogP contribution in [0.5, 0.6) is 0 Å². The predicted molar refractivity (Wildman–Crippen MR) is 62.0 cm³/mol. The van der Waals surface area contributed by atoms with Crippen LogP contribution in [0.2, 0.25) is 0 Å². The van der Waals surface area contributed by atoms with Gasteiger partial charge >= 0.3 is 0 Å². The molecule has 0 bridgehead atoms. The summed E-state index contributed by atoms with van der Waals surface area (Å²) >= 11 is 5.50. The van der Waals surface area contributed by atoms with E-state index in [4.69, 9.17) is 11.6 Å². The second kappa shape index (κ2) is 7.44. The molecule has 0 amide bonds. The van der Waals surface area contributed by atoms with Crippen LogP contribution in [0.25, 0.3) is 0 Å². The SMILES string of the molecule is CC(C)CCC(C)[C@H](C)C/C=C/Cl. The molecule has 0 rings (SSSR count). The molecule has 0 heterocycles. The lowest BCUT2D eigenvalue weighted by Crippen LogP contribution is -2.08. The molecule has 0 aromatic rings. The molecule has 0 aliphatic rings. The highest BCUT2D eigenvalue weighted by molar-refractivity contribution is 6.25. The smallest absolute Gasteiger partial charge is 0.000256 e. The first-order valence-electron chi connectivity index (χ1n) is 5.33. The Morgan fingerprint density at radius 1 is 1.00 bits per heavy atom. The molecule has 1 heteroatoms. The van der Waals surface area contributed by atoms with E-state index in [1.807, 2.05) is 0 Å². The van der Waals surface area contributed by atoms with Crippen LogP contribution < -0.4 is 0 Å². The topological polar surface area (TPSA) is 0 Å². The fourth-order valence-corrected chi connectivity index (χ4v) is 1.48. The van der Waals surface area contributed by atoms with Gasteiger partial charge in [-0.1, -0.05) is 58.2 Å². The van der Waals surface area contributed by atoms with Gasteiger partial charge in [-0.15, -0.1) is 0 Å². The van der Waals surface area contributed by atoms with E-state index in [1.165, 1.54) is 12.8 Å². The van der Waals surface area contributed by atoms with Gasteiger partial charge in [-0.25, -0.2) is 0 Å². The van der Waals surface area contributed by atoms with Crippen molar-refractivity contribution in [3.63, 3.8) is 0 Å². The van der Waals surface area contributed by atoms with E-state index < -0.39 is 0 Å². The lowest BCUT2D eigenvalue weighted by atomic mass is 9.87. The number of allylic oxidation sites excluding steroid dienone is 1. The standard InChI is InChI=1S/C12H23Cl/c1-10(2)7-8-12(4)11(3)6-5-9-13/h5,9-12H,6-8H2,1-4H3/b9-5+/t11-,12?/m1/s1. The highest BCUT2D eigenvalue weighted by atomic mass is 35.5. The molecule has 78 valence electrons. The first-order chi connectivity index (χ1) is 6.07. The minimum atomic E-state index is 0.758. The van der Waals surface area contributed by atoms with E-state index in [1.54, 1.807) is 5.54 Å². The van der Waals surface area contributed by atoms with Gasteiger partial charge in [0.1, 0.15) is 0 Å². The van der Waals surface area contributed by atoms with Crippen molar-refractivity contribution in [1.82, 2.24) is 0 Å². The van der Waals surface area contributed by atoms with E-state index in [9.17, 15) is 0 Å². The first-order valence-corrected chi connectivity index (χ1v) is 5.76. The number of halogens is 1. The quantitative estimate of drug-likeness (QED) is 0.579. The maximum absolute atomic E-state index is 5.50. The Labute approximate surface area is 88.4 Å². The van der Waals surface area contributed by atoms with E-state index in [0.717, 1.165) is 24.2 Å². The van der Waals surface area contributed by atoms with Crippen LogP contribution in [0.3, 0.4) is 0 Å². The summed E-state index contributed by atoms with van der Waals surface area (Å²) in [6.07, 6.45) is 5.85. The largest absolute Gasteiger partial charge is 0.0933 e. The Morgan fingerprint density at radius 3 is 2.08 bits per heavy atom. The maximum atomic E-state index is 5.50. The van der Waals surface area contributed by atoms with E-state index in [0.29, 0.717) is 0 Å². The van der Waals surface area contributed by atoms with Crippen LogP contribution in [-0.2, 0) is 0 Å². The minimum absolute atomic E-state index is 0.758. The molecule has 0 aliphatic heterocycles. The van der Waals surface area contributed by atoms with Gasteiger partial charge in [0.25, 0.3) is 0 Å². The molecule has 0 aliphatic carbocycles. The lowest BCUT2D eigenvalue weighted by molar-refractivity contribution is 0.339. The fourth-order valence-electron chi connectivity index (χ4n) is 1.38. The second-order valence-corrected chi connectivity index (χ2v) is 4.78. The summed E-state index contributed by atoms with van der Waals surface area (Å²) in [5.74, 6) is 2.40. The second-order valence-electron chi connectivity index (χ2n) is 4.52. The molecule has 0 saturated carbocycles. The third-order valence-corrected chi connectivity index (χ3v) is 2.95. The van der Waals surface area contributed by atoms with Gasteiger partial charge in [0, 0.05) is 5.54 Å². The molecular formula is C12H23Cl. The zero-order valence-electron chi connectivity index (χ0n) is 9.39. The Hall–Kier alpha value is 0.0300. The summed E-state index contributed by atoms with van der Waals surface area (Å²) in [7, 11) is 0. The monoisotopic (exact) mass is 202 g/mol. The Kier molecular flexibility index (Phi) is 7.45. The Balaban J connectivity index is 3.62. The van der Waals surface area contributed by atoms with Crippen molar-refractivity contribution < 1.29 is 0 Å². The van der Waals surface area contributed by atoms with Gasteiger partial charge in [0.15, 0.2) is 0 Å². The summed E-state index contributed by atoms with van der Waals surface area (Å²) in [6, 6.07) is 0. The normalized spacial score (nSPS) is 16.8. The number of hydrogen-bond acceptors (Lipinski definition) is 0. The molecule has 0 aromatic carbocycles. The van der Waals surface area contributed by atoms with Crippen LogP contribution >= 0.6 is 11.6 Å². The van der Waals surface area contributed by atoms with Crippen LogP contribution in [0.1, 0.15) is 47.0 Å². The molecule has 0 nitrogen and oxygen atoms in total. The number of hydrogen-bond donors (Lipinski definition) is 0. The highest BCUT2D eigenvalue weighted by Gasteiger charge is 2.10. The van der Waals surface area contributed by atoms with Gasteiger partial charge in [-0.3, -0.25) is 0 Å². The van der Waals surface area contributed by atoms with Gasteiger partial charge in [-0.2, -0.15) is 0 Å². The zero-order chi connectivity index (χ0) is 10.3. The van der Waals surface area contributed by atoms with Crippen molar-refractivity contribution >= 4 is 11.6 Å². The molecule has 13 heavy (non-hydrogen) atoms. The van der Waals surface area contributed by atoms with Crippen molar-refractivity contribution in [3.05, 3.63) is 11.6 Å². The van der Waals surface area contributed by atoms with Crippen molar-refractivity contribution in [1.29, 1.82) is 0 Å². The minimum Gasteiger partial charge on any atom is -0.0933 e. The predicted octanol–water partition coefficient (Wildman–Crippen LogP) is 4.84. The molecule has 0 radical (unpaired) electrons. The molecule has 1 unspecified atom stereocenters. The molecule has 0 saturated heterocycles. The fraction of sp³-hybridized carbons (Fsp3) is 0.833. The lowest BCUT2D eigenvalue weighted by Gasteiger charge is -2.19. The molecular weight excluding hydrogens is 180 g/mol. The van der Waals surface area contributed by atoms with Crippen LogP contribution in [0.4, 0.5) is 0 Å². The van der Waals surface area contributed by atoms with Gasteiger partial charge < -0.3 is 0 Å². The molecule has 0 aromatic heterocycles. The van der Waals surface area contributed by atoms with Crippen LogP contribution in [-0.4, -0.2) is 0 Å². The third-order valence-electron chi connectivity index (χ3n) is 2.77. The molecule has 2 atom stereocenters. The van der Waals surface area contributed by atoms with E-state index in [-0.39, 0.29) is 0 Å². The van der Waals surface area contributed by atoms with Crippen molar-refractivity contribution in [2.45, 2.75) is 47.0 Å². The van der Waals surface area contributed by atoms with Gasteiger partial charge in [0.05, 0.1) is 0 Å². The van der Waals surface area contributed by atoms with Crippen molar-refractivity contribution in [2.75, 3.05) is 0 Å². The molecule has 0 spiro atoms. The van der Waals surface area contributed by atoms with Crippen molar-refractivity contribution in [3.8, 4) is 0 Å². The summed E-state index contributed by atoms with van der Waals surface area (Å²) in [4.78, 5) is 0. The Morgan fingerprint density at radius 2 is 1.62 bits per heavy atom.